The molecule has 0 amide bonds. The molecule has 0 radical (unpaired) electrons. The summed E-state index contributed by atoms with van der Waals surface area (Å²) in [6.07, 6.45) is 1.23. The van der Waals surface area contributed by atoms with E-state index in [1.807, 2.05) is 30.3 Å². The number of benzene rings is 4. The Balaban J connectivity index is 2.00. The second-order valence-corrected chi connectivity index (χ2v) is 6.56. The first kappa shape index (κ1) is 15.4. The van der Waals surface area contributed by atoms with Crippen LogP contribution < -0.4 is 0 Å². The Kier molecular flexibility index (Phi) is 3.31. The van der Waals surface area contributed by atoms with Crippen LogP contribution in [0, 0.1) is 16.7 Å². The minimum Gasteiger partial charge on any atom is -0.309 e. The highest BCUT2D eigenvalue weighted by molar-refractivity contribution is 6.18. The van der Waals surface area contributed by atoms with Gasteiger partial charge in [-0.2, -0.15) is 5.26 Å². The molecule has 0 aliphatic rings. The van der Waals surface area contributed by atoms with Gasteiger partial charge in [-0.1, -0.05) is 60.7 Å². The maximum Gasteiger partial charge on any atom is 0.0999 e. The van der Waals surface area contributed by atoms with Gasteiger partial charge in [-0.05, 0) is 23.6 Å². The van der Waals surface area contributed by atoms with Gasteiger partial charge in [0.15, 0.2) is 0 Å². The summed E-state index contributed by atoms with van der Waals surface area (Å²) in [4.78, 5) is 0. The lowest BCUT2D eigenvalue weighted by molar-refractivity contribution is 1.18. The number of fused-ring (bicyclic) bond motifs is 5. The number of nitrogens with one attached hydrogen (secondary N) is 1. The predicted molar refractivity (Wildman–Crippen MR) is 111 cm³/mol. The van der Waals surface area contributed by atoms with Crippen molar-refractivity contribution in [3.05, 3.63) is 90.0 Å². The summed E-state index contributed by atoms with van der Waals surface area (Å²) < 4.78 is 2.22. The Hall–Kier alpha value is -3.90. The Bertz CT molecular complexity index is 1400. The Labute approximate surface area is 156 Å². The molecule has 0 fully saturated rings. The second kappa shape index (κ2) is 5.82. The molecule has 1 aromatic heterocycles. The van der Waals surface area contributed by atoms with E-state index >= 15 is 0 Å². The molecule has 0 saturated heterocycles. The third-order valence-electron chi connectivity index (χ3n) is 5.13. The summed E-state index contributed by atoms with van der Waals surface area (Å²) in [6, 6.07) is 29.0. The van der Waals surface area contributed by atoms with E-state index in [9.17, 15) is 5.26 Å². The van der Waals surface area contributed by atoms with Crippen LogP contribution >= 0.6 is 0 Å². The first-order valence-corrected chi connectivity index (χ1v) is 8.78. The van der Waals surface area contributed by atoms with Crippen LogP contribution in [0.1, 0.15) is 11.1 Å². The van der Waals surface area contributed by atoms with Crippen molar-refractivity contribution in [3.63, 3.8) is 0 Å². The van der Waals surface area contributed by atoms with Gasteiger partial charge in [-0.3, -0.25) is 0 Å². The van der Waals surface area contributed by atoms with Gasteiger partial charge in [0.1, 0.15) is 0 Å². The molecule has 3 nitrogen and oxygen atoms in total. The molecule has 4 aromatic carbocycles. The molecule has 0 saturated carbocycles. The largest absolute Gasteiger partial charge is 0.309 e. The van der Waals surface area contributed by atoms with Crippen LogP contribution in [-0.2, 0) is 0 Å². The van der Waals surface area contributed by atoms with Crippen LogP contribution in [0.25, 0.3) is 38.3 Å². The van der Waals surface area contributed by atoms with Crippen molar-refractivity contribution in [3.8, 4) is 11.8 Å². The Morgan fingerprint density at radius 2 is 1.59 bits per heavy atom. The van der Waals surface area contributed by atoms with Crippen molar-refractivity contribution in [1.82, 2.24) is 4.57 Å². The Morgan fingerprint density at radius 1 is 0.815 bits per heavy atom. The zero-order valence-corrected chi connectivity index (χ0v) is 14.5. The lowest BCUT2D eigenvalue weighted by Gasteiger charge is -2.11. The van der Waals surface area contributed by atoms with Gasteiger partial charge >= 0.3 is 0 Å². The molecule has 5 aromatic rings. The van der Waals surface area contributed by atoms with Crippen LogP contribution in [-0.4, -0.2) is 10.8 Å². The molecule has 0 spiro atoms. The smallest absolute Gasteiger partial charge is 0.0999 e. The zero-order chi connectivity index (χ0) is 18.4. The molecule has 0 atom stereocenters. The van der Waals surface area contributed by atoms with Gasteiger partial charge < -0.3 is 9.98 Å². The van der Waals surface area contributed by atoms with Crippen molar-refractivity contribution in [1.29, 1.82) is 10.7 Å². The second-order valence-electron chi connectivity index (χ2n) is 6.56. The molecule has 0 unspecified atom stereocenters. The van der Waals surface area contributed by atoms with E-state index in [0.717, 1.165) is 16.7 Å². The third kappa shape index (κ3) is 2.17. The summed E-state index contributed by atoms with van der Waals surface area (Å²) in [5.74, 6) is 0. The normalized spacial score (nSPS) is 11.1. The lowest BCUT2D eigenvalue weighted by atomic mass is 10.1. The van der Waals surface area contributed by atoms with Gasteiger partial charge in [-0.15, -0.1) is 0 Å². The highest BCUT2D eigenvalue weighted by Gasteiger charge is 2.15. The van der Waals surface area contributed by atoms with E-state index in [4.69, 9.17) is 5.41 Å². The summed E-state index contributed by atoms with van der Waals surface area (Å²) in [5, 5.41) is 21.8. The van der Waals surface area contributed by atoms with Crippen LogP contribution in [0.15, 0.2) is 78.9 Å². The van der Waals surface area contributed by atoms with E-state index in [2.05, 4.69) is 59.2 Å². The van der Waals surface area contributed by atoms with Crippen molar-refractivity contribution in [2.75, 3.05) is 0 Å². The standard InChI is InChI=1S/C24H15N3/c25-14-17-9-11-19(13-18(17)15-26)27-23-8-4-3-7-21(23)22-12-10-16-5-1-2-6-20(16)24(22)27/h1-14,25H. The van der Waals surface area contributed by atoms with Gasteiger partial charge in [-0.25, -0.2) is 0 Å². The lowest BCUT2D eigenvalue weighted by Crippen LogP contribution is -1.97. The molecule has 1 heterocycles. The number of nitrogens with zero attached hydrogens (tertiary/aromatic N) is 2. The number of rotatable bonds is 2. The maximum atomic E-state index is 9.51. The van der Waals surface area contributed by atoms with Gasteiger partial charge in [0, 0.05) is 33.6 Å². The minimum atomic E-state index is 0.508. The van der Waals surface area contributed by atoms with Gasteiger partial charge in [0.2, 0.25) is 0 Å². The molecular weight excluding hydrogens is 330 g/mol. The van der Waals surface area contributed by atoms with Gasteiger partial charge in [0.05, 0.1) is 22.7 Å². The fourth-order valence-corrected chi connectivity index (χ4v) is 3.90. The van der Waals surface area contributed by atoms with Crippen molar-refractivity contribution in [2.24, 2.45) is 0 Å². The topological polar surface area (TPSA) is 52.6 Å². The fraction of sp³-hybridized carbons (Fsp3) is 0. The number of aromatic nitrogens is 1. The first-order chi connectivity index (χ1) is 13.3. The van der Waals surface area contributed by atoms with E-state index in [-0.39, 0.29) is 0 Å². The average molecular weight is 345 g/mol. The van der Waals surface area contributed by atoms with Crippen molar-refractivity contribution < 1.29 is 0 Å². The molecule has 5 rings (SSSR count). The SMILES string of the molecule is N#Cc1cc(-n2c3ccccc3c3ccc4ccccc4c32)ccc1C=N. The molecule has 3 heteroatoms. The number of hydrogen-bond donors (Lipinski definition) is 1. The molecule has 0 aliphatic carbocycles. The molecule has 1 N–H and O–H groups in total. The van der Waals surface area contributed by atoms with Crippen molar-refractivity contribution in [2.45, 2.75) is 0 Å². The van der Waals surface area contributed by atoms with E-state index in [0.29, 0.717) is 11.1 Å². The Morgan fingerprint density at radius 3 is 2.41 bits per heavy atom. The molecule has 0 aliphatic heterocycles. The summed E-state index contributed by atoms with van der Waals surface area (Å²) >= 11 is 0. The summed E-state index contributed by atoms with van der Waals surface area (Å²) in [5.41, 5.74) is 4.32. The number of para-hydroxylation sites is 1. The number of hydrogen-bond acceptors (Lipinski definition) is 2. The average Bonchev–Trinajstić information content (AvgIpc) is 3.08. The fourth-order valence-electron chi connectivity index (χ4n) is 3.90. The number of nitriles is 1. The van der Waals surface area contributed by atoms with E-state index in [1.54, 1.807) is 0 Å². The molecule has 126 valence electrons. The molecular formula is C24H15N3. The molecule has 27 heavy (non-hydrogen) atoms. The van der Waals surface area contributed by atoms with E-state index < -0.39 is 0 Å². The zero-order valence-electron chi connectivity index (χ0n) is 14.5. The molecule has 0 bridgehead atoms. The quantitative estimate of drug-likeness (QED) is 0.403. The minimum absolute atomic E-state index is 0.508. The van der Waals surface area contributed by atoms with Gasteiger partial charge in [0.25, 0.3) is 0 Å². The summed E-state index contributed by atoms with van der Waals surface area (Å²) in [6.45, 7) is 0. The maximum absolute atomic E-state index is 9.51. The monoisotopic (exact) mass is 345 g/mol. The van der Waals surface area contributed by atoms with Crippen LogP contribution in [0.5, 0.6) is 0 Å². The third-order valence-corrected chi connectivity index (χ3v) is 5.13. The van der Waals surface area contributed by atoms with Crippen LogP contribution in [0.3, 0.4) is 0 Å². The van der Waals surface area contributed by atoms with Crippen molar-refractivity contribution >= 4 is 38.8 Å². The van der Waals surface area contributed by atoms with Crippen LogP contribution in [0.4, 0.5) is 0 Å². The first-order valence-electron chi connectivity index (χ1n) is 8.78. The van der Waals surface area contributed by atoms with Crippen LogP contribution in [0.2, 0.25) is 0 Å². The van der Waals surface area contributed by atoms with E-state index in [1.165, 1.54) is 27.8 Å². The summed E-state index contributed by atoms with van der Waals surface area (Å²) in [7, 11) is 0. The highest BCUT2D eigenvalue weighted by atomic mass is 15.0. The predicted octanol–water partition coefficient (Wildman–Crippen LogP) is 5.81. The highest BCUT2D eigenvalue weighted by Crippen LogP contribution is 2.36.